The number of hydrogen-bond donors (Lipinski definition) is 2. The largest absolute Gasteiger partial charge is 0.481 e. The van der Waals surface area contributed by atoms with Crippen molar-refractivity contribution in [1.82, 2.24) is 4.90 Å². The molecule has 16 heavy (non-hydrogen) atoms. The van der Waals surface area contributed by atoms with Gasteiger partial charge >= 0.3 is 5.97 Å². The molecule has 0 aromatic carbocycles. The molecule has 1 saturated heterocycles. The molecule has 2 fully saturated rings. The summed E-state index contributed by atoms with van der Waals surface area (Å²) < 4.78 is 0. The van der Waals surface area contributed by atoms with Crippen LogP contribution in [0.2, 0.25) is 0 Å². The van der Waals surface area contributed by atoms with Gasteiger partial charge in [0.1, 0.15) is 0 Å². The summed E-state index contributed by atoms with van der Waals surface area (Å²) in [6, 6.07) is 0.125. The van der Waals surface area contributed by atoms with E-state index < -0.39 is 5.97 Å². The van der Waals surface area contributed by atoms with E-state index in [2.05, 4.69) is 12.6 Å². The number of carboxylic acid groups (broad SMARTS) is 1. The Hall–Kier alpha value is -0.710. The fourth-order valence-electron chi connectivity index (χ4n) is 2.74. The minimum Gasteiger partial charge on any atom is -0.481 e. The predicted octanol–water partition coefficient (Wildman–Crippen LogP) is 1.16. The summed E-state index contributed by atoms with van der Waals surface area (Å²) in [5, 5.41) is 9.12. The minimum atomic E-state index is -0.723. The van der Waals surface area contributed by atoms with Gasteiger partial charge < -0.3 is 10.0 Å². The van der Waals surface area contributed by atoms with Gasteiger partial charge in [-0.3, -0.25) is 9.59 Å². The van der Waals surface area contributed by atoms with Crippen molar-refractivity contribution in [2.75, 3.05) is 6.54 Å². The number of nitrogens with zero attached hydrogens (tertiary/aromatic N) is 1. The van der Waals surface area contributed by atoms with Crippen molar-refractivity contribution >= 4 is 24.5 Å². The maximum Gasteiger partial charge on any atom is 0.306 e. The van der Waals surface area contributed by atoms with Crippen LogP contribution in [0, 0.1) is 5.92 Å². The Morgan fingerprint density at radius 3 is 2.75 bits per heavy atom. The second-order valence-corrected chi connectivity index (χ2v) is 5.49. The molecule has 1 aliphatic heterocycles. The Labute approximate surface area is 100 Å². The maximum absolute atomic E-state index is 11.7. The Kier molecular flexibility index (Phi) is 3.42. The van der Waals surface area contributed by atoms with E-state index in [0.717, 1.165) is 19.3 Å². The number of rotatable bonds is 2. The van der Waals surface area contributed by atoms with Crippen LogP contribution in [-0.4, -0.2) is 39.7 Å². The van der Waals surface area contributed by atoms with E-state index in [1.54, 1.807) is 0 Å². The lowest BCUT2D eigenvalue weighted by molar-refractivity contribution is -0.144. The molecule has 90 valence electrons. The van der Waals surface area contributed by atoms with E-state index in [4.69, 9.17) is 5.11 Å². The van der Waals surface area contributed by atoms with Crippen molar-refractivity contribution in [3.05, 3.63) is 0 Å². The third kappa shape index (κ3) is 2.34. The third-order valence-corrected chi connectivity index (χ3v) is 3.92. The molecule has 0 aromatic heterocycles. The van der Waals surface area contributed by atoms with Gasteiger partial charge in [-0.05, 0) is 19.3 Å². The molecule has 1 aliphatic carbocycles. The summed E-state index contributed by atoms with van der Waals surface area (Å²) in [6.07, 6.45) is 3.70. The first-order chi connectivity index (χ1) is 7.58. The molecule has 1 amide bonds. The lowest BCUT2D eigenvalue weighted by Gasteiger charge is -2.33. The Morgan fingerprint density at radius 2 is 2.19 bits per heavy atom. The zero-order valence-electron chi connectivity index (χ0n) is 9.13. The minimum absolute atomic E-state index is 0.123. The summed E-state index contributed by atoms with van der Waals surface area (Å²) in [6.45, 7) is 0.680. The van der Waals surface area contributed by atoms with E-state index in [1.165, 1.54) is 0 Å². The average molecular weight is 243 g/mol. The van der Waals surface area contributed by atoms with Crippen LogP contribution in [0.25, 0.3) is 0 Å². The highest BCUT2D eigenvalue weighted by atomic mass is 32.1. The van der Waals surface area contributed by atoms with Gasteiger partial charge in [-0.2, -0.15) is 12.6 Å². The Bertz CT molecular complexity index is 308. The molecule has 1 N–H and O–H groups in total. The number of likely N-dealkylation sites (tertiary alicyclic amines) is 1. The normalized spacial score (nSPS) is 35.4. The molecule has 0 aromatic rings. The van der Waals surface area contributed by atoms with Crippen molar-refractivity contribution in [3.63, 3.8) is 0 Å². The fourth-order valence-corrected chi connectivity index (χ4v) is 3.07. The molecule has 1 heterocycles. The van der Waals surface area contributed by atoms with Gasteiger partial charge in [0.05, 0.1) is 5.92 Å². The fraction of sp³-hybridized carbons (Fsp3) is 0.818. The molecule has 4 nitrogen and oxygen atoms in total. The SMILES string of the molecule is O=C(O)C1CCCC(N2CC(S)CC2=O)C1. The molecule has 5 heteroatoms. The van der Waals surface area contributed by atoms with Gasteiger partial charge in [0, 0.05) is 24.3 Å². The first-order valence-electron chi connectivity index (χ1n) is 5.78. The summed E-state index contributed by atoms with van der Waals surface area (Å²) >= 11 is 4.31. The van der Waals surface area contributed by atoms with Crippen LogP contribution >= 0.6 is 12.6 Å². The van der Waals surface area contributed by atoms with E-state index in [0.29, 0.717) is 19.4 Å². The molecule has 1 saturated carbocycles. The second-order valence-electron chi connectivity index (χ2n) is 4.76. The maximum atomic E-state index is 11.7. The standard InChI is InChI=1S/C11H17NO3S/c13-10-5-9(16)6-12(10)8-3-1-2-7(4-8)11(14)15/h7-9,16H,1-6H2,(H,14,15). The number of thiol groups is 1. The number of carbonyl (C=O) groups excluding carboxylic acids is 1. The summed E-state index contributed by atoms with van der Waals surface area (Å²) in [5.74, 6) is -0.861. The smallest absolute Gasteiger partial charge is 0.306 e. The first-order valence-corrected chi connectivity index (χ1v) is 6.30. The summed E-state index contributed by atoms with van der Waals surface area (Å²) in [5.41, 5.74) is 0. The van der Waals surface area contributed by atoms with E-state index in [9.17, 15) is 9.59 Å². The number of carbonyl (C=O) groups is 2. The molecule has 2 aliphatic rings. The number of carboxylic acids is 1. The molecule has 3 atom stereocenters. The van der Waals surface area contributed by atoms with Crippen molar-refractivity contribution in [2.45, 2.75) is 43.4 Å². The number of aliphatic carboxylic acids is 1. The number of hydrogen-bond acceptors (Lipinski definition) is 3. The molecule has 0 radical (unpaired) electrons. The van der Waals surface area contributed by atoms with Crippen LogP contribution in [0.5, 0.6) is 0 Å². The van der Waals surface area contributed by atoms with Crippen LogP contribution in [0.1, 0.15) is 32.1 Å². The zero-order chi connectivity index (χ0) is 11.7. The van der Waals surface area contributed by atoms with Crippen LogP contribution < -0.4 is 0 Å². The molecule has 0 spiro atoms. The van der Waals surface area contributed by atoms with Gasteiger partial charge in [0.2, 0.25) is 5.91 Å². The van der Waals surface area contributed by atoms with Crippen LogP contribution in [0.15, 0.2) is 0 Å². The quantitative estimate of drug-likeness (QED) is 0.716. The lowest BCUT2D eigenvalue weighted by atomic mass is 9.85. The van der Waals surface area contributed by atoms with Crippen molar-refractivity contribution < 1.29 is 14.7 Å². The first kappa shape index (κ1) is 11.8. The molecular formula is C11H17NO3S. The zero-order valence-corrected chi connectivity index (χ0v) is 10.0. The Morgan fingerprint density at radius 1 is 1.44 bits per heavy atom. The highest BCUT2D eigenvalue weighted by Crippen LogP contribution is 2.31. The van der Waals surface area contributed by atoms with Gasteiger partial charge in [-0.15, -0.1) is 0 Å². The molecular weight excluding hydrogens is 226 g/mol. The molecule has 0 bridgehead atoms. The van der Waals surface area contributed by atoms with E-state index >= 15 is 0 Å². The topological polar surface area (TPSA) is 57.6 Å². The highest BCUT2D eigenvalue weighted by Gasteiger charge is 2.36. The van der Waals surface area contributed by atoms with E-state index in [1.807, 2.05) is 4.90 Å². The Balaban J connectivity index is 1.99. The van der Waals surface area contributed by atoms with Crippen LogP contribution in [-0.2, 0) is 9.59 Å². The van der Waals surface area contributed by atoms with Crippen molar-refractivity contribution in [2.24, 2.45) is 5.92 Å². The summed E-state index contributed by atoms with van der Waals surface area (Å²) in [7, 11) is 0. The second kappa shape index (κ2) is 4.65. The predicted molar refractivity (Wildman–Crippen MR) is 62.5 cm³/mol. The monoisotopic (exact) mass is 243 g/mol. The molecule has 2 rings (SSSR count). The lowest BCUT2D eigenvalue weighted by Crippen LogP contribution is -2.41. The van der Waals surface area contributed by atoms with Gasteiger partial charge in [0.25, 0.3) is 0 Å². The van der Waals surface area contributed by atoms with E-state index in [-0.39, 0.29) is 23.1 Å². The van der Waals surface area contributed by atoms with Gasteiger partial charge in [0.15, 0.2) is 0 Å². The van der Waals surface area contributed by atoms with Crippen LogP contribution in [0.3, 0.4) is 0 Å². The van der Waals surface area contributed by atoms with Crippen molar-refractivity contribution in [1.29, 1.82) is 0 Å². The number of amides is 1. The third-order valence-electron chi connectivity index (χ3n) is 3.57. The van der Waals surface area contributed by atoms with Crippen LogP contribution in [0.4, 0.5) is 0 Å². The highest BCUT2D eigenvalue weighted by molar-refractivity contribution is 7.81. The van der Waals surface area contributed by atoms with Gasteiger partial charge in [-0.25, -0.2) is 0 Å². The molecule has 3 unspecified atom stereocenters. The van der Waals surface area contributed by atoms with Gasteiger partial charge in [-0.1, -0.05) is 6.42 Å². The average Bonchev–Trinajstić information content (AvgIpc) is 2.58. The van der Waals surface area contributed by atoms with Crippen molar-refractivity contribution in [3.8, 4) is 0 Å². The summed E-state index contributed by atoms with van der Waals surface area (Å²) in [4.78, 5) is 24.5.